The molecule has 1 aromatic carbocycles. The number of hydrogen-bond acceptors (Lipinski definition) is 4. The minimum Gasteiger partial charge on any atom is -0.390 e. The highest BCUT2D eigenvalue weighted by Crippen LogP contribution is 2.22. The minimum atomic E-state index is -0.868. The normalized spacial score (nSPS) is 14.8. The molecule has 0 amide bonds. The second kappa shape index (κ2) is 6.60. The van der Waals surface area contributed by atoms with Crippen LogP contribution in [0.2, 0.25) is 0 Å². The van der Waals surface area contributed by atoms with Crippen LogP contribution in [0.4, 0.5) is 0 Å². The summed E-state index contributed by atoms with van der Waals surface area (Å²) < 4.78 is 0. The molecule has 0 fully saturated rings. The van der Waals surface area contributed by atoms with Crippen LogP contribution in [0.1, 0.15) is 23.7 Å². The largest absolute Gasteiger partial charge is 0.390 e. The summed E-state index contributed by atoms with van der Waals surface area (Å²) in [6, 6.07) is 7.37. The number of nitrogens with one attached hydrogen (secondary N) is 1. The van der Waals surface area contributed by atoms with Gasteiger partial charge < -0.3 is 21.3 Å². The van der Waals surface area contributed by atoms with Crippen LogP contribution in [0.15, 0.2) is 24.3 Å². The second-order valence-corrected chi connectivity index (χ2v) is 3.81. The number of aliphatic hydroxyl groups is 2. The lowest BCUT2D eigenvalue weighted by Gasteiger charge is -2.20. The Bertz CT molecular complexity index is 318. The van der Waals surface area contributed by atoms with E-state index in [2.05, 4.69) is 5.32 Å². The molecule has 2 atom stereocenters. The topological polar surface area (TPSA) is 78.5 Å². The smallest absolute Gasteiger partial charge is 0.105 e. The van der Waals surface area contributed by atoms with Crippen molar-refractivity contribution in [3.05, 3.63) is 35.4 Å². The third-order valence-electron chi connectivity index (χ3n) is 2.65. The van der Waals surface area contributed by atoms with Crippen LogP contribution in [0.25, 0.3) is 0 Å². The third-order valence-corrected chi connectivity index (χ3v) is 2.65. The Morgan fingerprint density at radius 1 is 1.31 bits per heavy atom. The van der Waals surface area contributed by atoms with Crippen molar-refractivity contribution in [3.8, 4) is 0 Å². The maximum atomic E-state index is 9.99. The van der Waals surface area contributed by atoms with Crippen molar-refractivity contribution in [2.45, 2.75) is 25.2 Å². The van der Waals surface area contributed by atoms with E-state index in [-0.39, 0.29) is 0 Å². The molecule has 4 nitrogen and oxygen atoms in total. The van der Waals surface area contributed by atoms with Gasteiger partial charge in [0.15, 0.2) is 0 Å². The first-order valence-electron chi connectivity index (χ1n) is 5.49. The molecule has 0 aliphatic heterocycles. The van der Waals surface area contributed by atoms with E-state index in [0.29, 0.717) is 25.1 Å². The molecule has 1 aromatic rings. The molecule has 1 rings (SSSR count). The molecule has 5 N–H and O–H groups in total. The first-order valence-corrected chi connectivity index (χ1v) is 5.49. The molecule has 0 spiro atoms. The predicted octanol–water partition coefficient (Wildman–Crippen LogP) is 0.149. The summed E-state index contributed by atoms with van der Waals surface area (Å²) in [6.07, 6.45) is -1.12. The van der Waals surface area contributed by atoms with E-state index in [1.807, 2.05) is 25.2 Å². The van der Waals surface area contributed by atoms with Crippen molar-refractivity contribution >= 4 is 0 Å². The Hall–Kier alpha value is -0.940. The van der Waals surface area contributed by atoms with Crippen molar-refractivity contribution in [3.63, 3.8) is 0 Å². The van der Waals surface area contributed by atoms with Crippen LogP contribution in [0.3, 0.4) is 0 Å². The van der Waals surface area contributed by atoms with Gasteiger partial charge in [0.2, 0.25) is 0 Å². The summed E-state index contributed by atoms with van der Waals surface area (Å²) in [5.74, 6) is 0. The molecule has 0 saturated carbocycles. The van der Waals surface area contributed by atoms with E-state index in [0.717, 1.165) is 5.56 Å². The molecule has 0 saturated heterocycles. The second-order valence-electron chi connectivity index (χ2n) is 3.81. The lowest BCUT2D eigenvalue weighted by molar-refractivity contribution is 0.0135. The van der Waals surface area contributed by atoms with E-state index in [1.165, 1.54) is 0 Å². The van der Waals surface area contributed by atoms with Gasteiger partial charge in [-0.15, -0.1) is 0 Å². The third kappa shape index (κ3) is 3.28. The lowest BCUT2D eigenvalue weighted by atomic mass is 9.97. The maximum Gasteiger partial charge on any atom is 0.105 e. The first-order chi connectivity index (χ1) is 7.70. The highest BCUT2D eigenvalue weighted by molar-refractivity contribution is 5.29. The Morgan fingerprint density at radius 3 is 2.62 bits per heavy atom. The molecule has 16 heavy (non-hydrogen) atoms. The number of aliphatic hydroxyl groups excluding tert-OH is 2. The minimum absolute atomic E-state index is 0.367. The van der Waals surface area contributed by atoms with Gasteiger partial charge in [0.25, 0.3) is 0 Å². The first kappa shape index (κ1) is 13.1. The average molecular weight is 224 g/mol. The SMILES string of the molecule is CNCCC(O)C(O)c1ccccc1CN. The molecule has 0 bridgehead atoms. The standard InChI is InChI=1S/C12H20N2O2/c1-14-7-6-11(15)12(16)10-5-3-2-4-9(10)8-13/h2-5,11-12,14-16H,6-8,13H2,1H3. The van der Waals surface area contributed by atoms with E-state index in [4.69, 9.17) is 5.73 Å². The highest BCUT2D eigenvalue weighted by Gasteiger charge is 2.19. The molecular weight excluding hydrogens is 204 g/mol. The Morgan fingerprint density at radius 2 is 2.00 bits per heavy atom. The summed E-state index contributed by atoms with van der Waals surface area (Å²) in [5, 5.41) is 22.7. The molecule has 2 unspecified atom stereocenters. The summed E-state index contributed by atoms with van der Waals surface area (Å²) in [6.45, 7) is 1.04. The van der Waals surface area contributed by atoms with Crippen LogP contribution >= 0.6 is 0 Å². The summed E-state index contributed by atoms with van der Waals surface area (Å²) in [4.78, 5) is 0. The van der Waals surface area contributed by atoms with Gasteiger partial charge in [-0.05, 0) is 31.1 Å². The fourth-order valence-electron chi connectivity index (χ4n) is 1.67. The molecule has 0 aromatic heterocycles. The highest BCUT2D eigenvalue weighted by atomic mass is 16.3. The van der Waals surface area contributed by atoms with Gasteiger partial charge >= 0.3 is 0 Å². The Labute approximate surface area is 96.1 Å². The van der Waals surface area contributed by atoms with Crippen molar-refractivity contribution in [2.24, 2.45) is 5.73 Å². The van der Waals surface area contributed by atoms with Crippen LogP contribution in [0, 0.1) is 0 Å². The zero-order valence-electron chi connectivity index (χ0n) is 9.56. The summed E-state index contributed by atoms with van der Waals surface area (Å²) in [7, 11) is 1.81. The quantitative estimate of drug-likeness (QED) is 0.554. The van der Waals surface area contributed by atoms with Gasteiger partial charge in [-0.3, -0.25) is 0 Å². The number of benzene rings is 1. The van der Waals surface area contributed by atoms with E-state index in [9.17, 15) is 10.2 Å². The van der Waals surface area contributed by atoms with Gasteiger partial charge in [0, 0.05) is 6.54 Å². The van der Waals surface area contributed by atoms with Gasteiger partial charge in [0.1, 0.15) is 6.10 Å². The summed E-state index contributed by atoms with van der Waals surface area (Å²) in [5.41, 5.74) is 7.17. The molecule has 0 aliphatic carbocycles. The number of rotatable bonds is 6. The monoisotopic (exact) mass is 224 g/mol. The summed E-state index contributed by atoms with van der Waals surface area (Å²) >= 11 is 0. The molecule has 0 aliphatic rings. The zero-order valence-corrected chi connectivity index (χ0v) is 9.56. The molecule has 4 heteroatoms. The predicted molar refractivity (Wildman–Crippen MR) is 63.8 cm³/mol. The van der Waals surface area contributed by atoms with Gasteiger partial charge in [-0.1, -0.05) is 24.3 Å². The van der Waals surface area contributed by atoms with Crippen molar-refractivity contribution < 1.29 is 10.2 Å². The van der Waals surface area contributed by atoms with Crippen LogP contribution < -0.4 is 11.1 Å². The van der Waals surface area contributed by atoms with Crippen molar-refractivity contribution in [1.29, 1.82) is 0 Å². The van der Waals surface area contributed by atoms with E-state index in [1.54, 1.807) is 6.07 Å². The van der Waals surface area contributed by atoms with E-state index >= 15 is 0 Å². The fraction of sp³-hybridized carbons (Fsp3) is 0.500. The van der Waals surface area contributed by atoms with Crippen molar-refractivity contribution in [1.82, 2.24) is 5.32 Å². The Balaban J connectivity index is 2.74. The van der Waals surface area contributed by atoms with Crippen LogP contribution in [-0.4, -0.2) is 29.9 Å². The molecule has 0 heterocycles. The van der Waals surface area contributed by atoms with Gasteiger partial charge in [-0.2, -0.15) is 0 Å². The average Bonchev–Trinajstić information content (AvgIpc) is 2.34. The molecular formula is C12H20N2O2. The van der Waals surface area contributed by atoms with Crippen LogP contribution in [-0.2, 0) is 6.54 Å². The molecule has 90 valence electrons. The van der Waals surface area contributed by atoms with Gasteiger partial charge in [-0.25, -0.2) is 0 Å². The van der Waals surface area contributed by atoms with Crippen LogP contribution in [0.5, 0.6) is 0 Å². The zero-order chi connectivity index (χ0) is 12.0. The maximum absolute atomic E-state index is 9.99. The van der Waals surface area contributed by atoms with E-state index < -0.39 is 12.2 Å². The number of hydrogen-bond donors (Lipinski definition) is 4. The molecule has 0 radical (unpaired) electrons. The van der Waals surface area contributed by atoms with Gasteiger partial charge in [0.05, 0.1) is 6.10 Å². The lowest BCUT2D eigenvalue weighted by Crippen LogP contribution is -2.24. The Kier molecular flexibility index (Phi) is 5.42. The van der Waals surface area contributed by atoms with Crippen molar-refractivity contribution in [2.75, 3.05) is 13.6 Å². The fourth-order valence-corrected chi connectivity index (χ4v) is 1.67. The number of nitrogens with two attached hydrogens (primary N) is 1.